The largest absolute Gasteiger partial charge is 0.497 e. The fraction of sp³-hybridized carbons (Fsp3) is 0.105. The van der Waals surface area contributed by atoms with Crippen molar-refractivity contribution in [3.63, 3.8) is 0 Å². The number of nitrogens with zero attached hydrogens (tertiary/aromatic N) is 3. The number of carbonyl (C=O) groups is 1. The average Bonchev–Trinajstić information content (AvgIpc) is 3.42. The van der Waals surface area contributed by atoms with Crippen molar-refractivity contribution in [2.24, 2.45) is 0 Å². The maximum Gasteiger partial charge on any atom is 0.266 e. The molecule has 27 heavy (non-hydrogen) atoms. The summed E-state index contributed by atoms with van der Waals surface area (Å²) in [5.74, 6) is 1.22. The molecule has 1 aromatic carbocycles. The molecule has 1 amide bonds. The summed E-state index contributed by atoms with van der Waals surface area (Å²) in [5, 5.41) is 11.9. The Kier molecular flexibility index (Phi) is 4.74. The number of anilines is 1. The Morgan fingerprint density at radius 3 is 2.85 bits per heavy atom. The van der Waals surface area contributed by atoms with Crippen LogP contribution < -0.4 is 10.1 Å². The van der Waals surface area contributed by atoms with Crippen molar-refractivity contribution in [2.75, 3.05) is 12.4 Å². The number of amides is 1. The van der Waals surface area contributed by atoms with E-state index in [-0.39, 0.29) is 5.91 Å². The fourth-order valence-electron chi connectivity index (χ4n) is 2.60. The predicted octanol–water partition coefficient (Wildman–Crippen LogP) is 4.63. The first-order valence-corrected chi connectivity index (χ1v) is 9.92. The molecule has 0 aliphatic carbocycles. The zero-order valence-electron chi connectivity index (χ0n) is 14.7. The molecule has 3 aromatic heterocycles. The lowest BCUT2D eigenvalue weighted by molar-refractivity contribution is 0.103. The number of hydrogen-bond acceptors (Lipinski definition) is 6. The second kappa shape index (κ2) is 7.34. The Morgan fingerprint density at radius 1 is 1.19 bits per heavy atom. The highest BCUT2D eigenvalue weighted by Gasteiger charge is 2.16. The molecule has 0 aliphatic rings. The zero-order valence-corrected chi connectivity index (χ0v) is 16.3. The number of ether oxygens (including phenoxy) is 1. The van der Waals surface area contributed by atoms with Crippen LogP contribution in [0.5, 0.6) is 5.75 Å². The van der Waals surface area contributed by atoms with Gasteiger partial charge >= 0.3 is 0 Å². The molecule has 0 fully saturated rings. The van der Waals surface area contributed by atoms with Gasteiger partial charge in [-0.25, -0.2) is 4.98 Å². The molecule has 0 radical (unpaired) electrons. The van der Waals surface area contributed by atoms with E-state index in [1.54, 1.807) is 17.9 Å². The van der Waals surface area contributed by atoms with E-state index in [2.05, 4.69) is 15.4 Å². The Bertz CT molecular complexity index is 1080. The van der Waals surface area contributed by atoms with Gasteiger partial charge in [-0.1, -0.05) is 18.2 Å². The number of hydrogen-bond donors (Lipinski definition) is 1. The summed E-state index contributed by atoms with van der Waals surface area (Å²) in [6.07, 6.45) is 0. The van der Waals surface area contributed by atoms with E-state index < -0.39 is 0 Å². The molecule has 3 heterocycles. The van der Waals surface area contributed by atoms with E-state index in [0.717, 1.165) is 22.7 Å². The van der Waals surface area contributed by atoms with Gasteiger partial charge in [-0.05, 0) is 30.5 Å². The van der Waals surface area contributed by atoms with Crippen LogP contribution in [0.2, 0.25) is 0 Å². The number of aromatic nitrogens is 3. The molecule has 0 bridgehead atoms. The second-order valence-corrected chi connectivity index (χ2v) is 7.55. The lowest BCUT2D eigenvalue weighted by Crippen LogP contribution is -2.13. The highest BCUT2D eigenvalue weighted by Crippen LogP contribution is 2.28. The van der Waals surface area contributed by atoms with Gasteiger partial charge in [0, 0.05) is 17.0 Å². The number of aryl methyl sites for hydroxylation is 1. The van der Waals surface area contributed by atoms with Crippen LogP contribution >= 0.6 is 22.7 Å². The van der Waals surface area contributed by atoms with E-state index in [4.69, 9.17) is 4.74 Å². The molecular weight excluding hydrogens is 380 g/mol. The van der Waals surface area contributed by atoms with Gasteiger partial charge in [-0.2, -0.15) is 9.78 Å². The Balaban J connectivity index is 1.64. The van der Waals surface area contributed by atoms with E-state index in [9.17, 15) is 4.79 Å². The number of thiazole rings is 1. The predicted molar refractivity (Wildman–Crippen MR) is 108 cm³/mol. The highest BCUT2D eigenvalue weighted by molar-refractivity contribution is 7.12. The molecule has 0 unspecified atom stereocenters. The number of rotatable bonds is 5. The van der Waals surface area contributed by atoms with Crippen molar-refractivity contribution in [3.8, 4) is 22.1 Å². The van der Waals surface area contributed by atoms with Crippen LogP contribution in [-0.2, 0) is 0 Å². The SMILES string of the molecule is COc1cccc(-c2csc(-n3nc(C)cc3NC(=O)c3cccs3)n2)c1. The summed E-state index contributed by atoms with van der Waals surface area (Å²) in [6.45, 7) is 1.88. The van der Waals surface area contributed by atoms with Crippen LogP contribution in [0.25, 0.3) is 16.4 Å². The molecular formula is C19H16N4O2S2. The average molecular weight is 396 g/mol. The first kappa shape index (κ1) is 17.4. The van der Waals surface area contributed by atoms with E-state index in [1.807, 2.05) is 54.1 Å². The number of benzene rings is 1. The maximum atomic E-state index is 12.4. The van der Waals surface area contributed by atoms with Gasteiger partial charge in [-0.15, -0.1) is 22.7 Å². The van der Waals surface area contributed by atoms with Crippen LogP contribution in [0, 0.1) is 6.92 Å². The third-order valence-electron chi connectivity index (χ3n) is 3.86. The van der Waals surface area contributed by atoms with Gasteiger partial charge in [-0.3, -0.25) is 4.79 Å². The van der Waals surface area contributed by atoms with Gasteiger partial charge < -0.3 is 10.1 Å². The van der Waals surface area contributed by atoms with Gasteiger partial charge in [0.2, 0.25) is 5.13 Å². The van der Waals surface area contributed by atoms with E-state index in [0.29, 0.717) is 15.8 Å². The van der Waals surface area contributed by atoms with Gasteiger partial charge in [0.1, 0.15) is 11.6 Å². The van der Waals surface area contributed by atoms with Crippen molar-refractivity contribution >= 4 is 34.4 Å². The van der Waals surface area contributed by atoms with Gasteiger partial charge in [0.05, 0.1) is 23.4 Å². The molecule has 136 valence electrons. The molecule has 4 rings (SSSR count). The first-order chi connectivity index (χ1) is 13.1. The van der Waals surface area contributed by atoms with E-state index in [1.165, 1.54) is 22.7 Å². The van der Waals surface area contributed by atoms with Crippen LogP contribution in [0.15, 0.2) is 53.2 Å². The Labute approximate surface area is 164 Å². The minimum absolute atomic E-state index is 0.157. The normalized spacial score (nSPS) is 10.7. The van der Waals surface area contributed by atoms with Gasteiger partial charge in [0.25, 0.3) is 5.91 Å². The molecule has 1 N–H and O–H groups in total. The Morgan fingerprint density at radius 2 is 2.07 bits per heavy atom. The van der Waals surface area contributed by atoms with Crippen molar-refractivity contribution in [2.45, 2.75) is 6.92 Å². The minimum Gasteiger partial charge on any atom is -0.497 e. The quantitative estimate of drug-likeness (QED) is 0.534. The highest BCUT2D eigenvalue weighted by atomic mass is 32.1. The van der Waals surface area contributed by atoms with Crippen LogP contribution in [0.3, 0.4) is 0 Å². The Hall–Kier alpha value is -2.97. The third kappa shape index (κ3) is 3.62. The maximum absolute atomic E-state index is 12.4. The molecule has 0 atom stereocenters. The smallest absolute Gasteiger partial charge is 0.266 e. The van der Waals surface area contributed by atoms with Crippen LogP contribution in [0.4, 0.5) is 5.82 Å². The molecule has 4 aromatic rings. The summed E-state index contributed by atoms with van der Waals surface area (Å²) in [6, 6.07) is 13.2. The number of nitrogens with one attached hydrogen (secondary N) is 1. The molecule has 8 heteroatoms. The van der Waals surface area contributed by atoms with E-state index >= 15 is 0 Å². The molecule has 6 nitrogen and oxygen atoms in total. The molecule has 0 saturated heterocycles. The first-order valence-electron chi connectivity index (χ1n) is 8.16. The standard InChI is InChI=1S/C19H16N4O2S2/c1-12-9-17(21-18(24)16-7-4-8-26-16)23(22-12)19-20-15(11-27-19)13-5-3-6-14(10-13)25-2/h3-11H,1-2H3,(H,21,24). The summed E-state index contributed by atoms with van der Waals surface area (Å²) < 4.78 is 6.94. The summed E-state index contributed by atoms with van der Waals surface area (Å²) in [5.41, 5.74) is 2.59. The van der Waals surface area contributed by atoms with Crippen molar-refractivity contribution in [1.82, 2.24) is 14.8 Å². The summed E-state index contributed by atoms with van der Waals surface area (Å²) >= 11 is 2.86. The lowest BCUT2D eigenvalue weighted by Gasteiger charge is -2.05. The zero-order chi connectivity index (χ0) is 18.8. The van der Waals surface area contributed by atoms with Crippen molar-refractivity contribution < 1.29 is 9.53 Å². The second-order valence-electron chi connectivity index (χ2n) is 5.76. The monoisotopic (exact) mass is 396 g/mol. The van der Waals surface area contributed by atoms with Gasteiger partial charge in [0.15, 0.2) is 0 Å². The summed E-state index contributed by atoms with van der Waals surface area (Å²) in [4.78, 5) is 17.7. The van der Waals surface area contributed by atoms with Crippen LogP contribution in [0.1, 0.15) is 15.4 Å². The minimum atomic E-state index is -0.157. The van der Waals surface area contributed by atoms with Crippen molar-refractivity contribution in [1.29, 1.82) is 0 Å². The molecule has 0 spiro atoms. The van der Waals surface area contributed by atoms with Crippen molar-refractivity contribution in [3.05, 3.63) is 63.8 Å². The third-order valence-corrected chi connectivity index (χ3v) is 5.54. The topological polar surface area (TPSA) is 69.0 Å². The van der Waals surface area contributed by atoms with Crippen LogP contribution in [-0.4, -0.2) is 27.8 Å². The lowest BCUT2D eigenvalue weighted by atomic mass is 10.2. The molecule has 0 aliphatic heterocycles. The summed E-state index contributed by atoms with van der Waals surface area (Å²) in [7, 11) is 1.64. The fourth-order valence-corrected chi connectivity index (χ4v) is 4.01. The molecule has 0 saturated carbocycles. The number of methoxy groups -OCH3 is 1. The number of thiophene rings is 1. The number of carbonyl (C=O) groups excluding carboxylic acids is 1.